The molecule has 1 rings (SSSR count). The first-order chi connectivity index (χ1) is 8.24. The smallest absolute Gasteiger partial charge is 0.303 e. The number of aryl methyl sites for hydroxylation is 2. The number of aromatic nitrogens is 1. The van der Waals surface area contributed by atoms with Crippen LogP contribution in [0.2, 0.25) is 0 Å². The Kier molecular flexibility index (Phi) is 4.47. The molecule has 0 aliphatic heterocycles. The molecule has 1 atom stereocenters. The zero-order chi connectivity index (χ0) is 13.9. The molecule has 1 aromatic rings. The summed E-state index contributed by atoms with van der Waals surface area (Å²) in [6, 6.07) is 0. The standard InChI is InChI=1S/C10H16N2O5S/c1-6(4-9(13)14)5-11-18(15,16)10-7(2)12-17-8(10)3/h6,11H,4-5H2,1-3H3,(H,13,14). The van der Waals surface area contributed by atoms with E-state index in [4.69, 9.17) is 9.63 Å². The van der Waals surface area contributed by atoms with Crippen LogP contribution in [0.4, 0.5) is 0 Å². The summed E-state index contributed by atoms with van der Waals surface area (Å²) in [6.45, 7) is 4.75. The lowest BCUT2D eigenvalue weighted by Gasteiger charge is -2.10. The van der Waals surface area contributed by atoms with Crippen molar-refractivity contribution in [3.63, 3.8) is 0 Å². The maximum Gasteiger partial charge on any atom is 0.303 e. The second-order valence-electron chi connectivity index (χ2n) is 4.21. The van der Waals surface area contributed by atoms with Crippen molar-refractivity contribution in [3.8, 4) is 0 Å². The van der Waals surface area contributed by atoms with Gasteiger partial charge < -0.3 is 9.63 Å². The Morgan fingerprint density at radius 2 is 2.11 bits per heavy atom. The van der Waals surface area contributed by atoms with Crippen molar-refractivity contribution in [1.82, 2.24) is 9.88 Å². The molecular weight excluding hydrogens is 260 g/mol. The first kappa shape index (κ1) is 14.7. The molecule has 0 aromatic carbocycles. The fourth-order valence-electron chi connectivity index (χ4n) is 1.55. The highest BCUT2D eigenvalue weighted by molar-refractivity contribution is 7.89. The lowest BCUT2D eigenvalue weighted by atomic mass is 10.1. The number of rotatable bonds is 6. The molecule has 7 nitrogen and oxygen atoms in total. The van der Waals surface area contributed by atoms with Crippen molar-refractivity contribution < 1.29 is 22.8 Å². The number of carboxylic acid groups (broad SMARTS) is 1. The van der Waals surface area contributed by atoms with Crippen LogP contribution < -0.4 is 4.72 Å². The molecule has 1 unspecified atom stereocenters. The van der Waals surface area contributed by atoms with Gasteiger partial charge >= 0.3 is 5.97 Å². The van der Waals surface area contributed by atoms with Crippen LogP contribution >= 0.6 is 0 Å². The Labute approximate surface area is 105 Å². The Balaban J connectivity index is 2.75. The molecule has 1 aromatic heterocycles. The van der Waals surface area contributed by atoms with Crippen LogP contribution in [0.25, 0.3) is 0 Å². The highest BCUT2D eigenvalue weighted by Crippen LogP contribution is 2.18. The largest absolute Gasteiger partial charge is 0.481 e. The monoisotopic (exact) mass is 276 g/mol. The lowest BCUT2D eigenvalue weighted by molar-refractivity contribution is -0.137. The van der Waals surface area contributed by atoms with E-state index in [1.54, 1.807) is 6.92 Å². The molecule has 0 fully saturated rings. The van der Waals surface area contributed by atoms with Crippen molar-refractivity contribution >= 4 is 16.0 Å². The van der Waals surface area contributed by atoms with E-state index < -0.39 is 16.0 Å². The van der Waals surface area contributed by atoms with Crippen LogP contribution in [0.15, 0.2) is 9.42 Å². The molecule has 0 aliphatic carbocycles. The molecule has 0 spiro atoms. The lowest BCUT2D eigenvalue weighted by Crippen LogP contribution is -2.30. The van der Waals surface area contributed by atoms with Gasteiger partial charge in [-0.15, -0.1) is 0 Å². The quantitative estimate of drug-likeness (QED) is 0.790. The van der Waals surface area contributed by atoms with Gasteiger partial charge in [-0.25, -0.2) is 13.1 Å². The van der Waals surface area contributed by atoms with Crippen LogP contribution in [-0.2, 0) is 14.8 Å². The molecule has 0 amide bonds. The van der Waals surface area contributed by atoms with Crippen molar-refractivity contribution in [1.29, 1.82) is 0 Å². The molecular formula is C10H16N2O5S. The zero-order valence-electron chi connectivity index (χ0n) is 10.4. The summed E-state index contributed by atoms with van der Waals surface area (Å²) in [5, 5.41) is 12.2. The topological polar surface area (TPSA) is 110 Å². The third-order valence-corrected chi connectivity index (χ3v) is 4.05. The Morgan fingerprint density at radius 3 is 2.56 bits per heavy atom. The van der Waals surface area contributed by atoms with Crippen molar-refractivity contribution in [2.45, 2.75) is 32.1 Å². The summed E-state index contributed by atoms with van der Waals surface area (Å²) < 4.78 is 31.1. The number of carbonyl (C=O) groups is 1. The first-order valence-corrected chi connectivity index (χ1v) is 6.86. The van der Waals surface area contributed by atoms with Gasteiger partial charge in [0.05, 0.1) is 0 Å². The van der Waals surface area contributed by atoms with Crippen LogP contribution in [0.3, 0.4) is 0 Å². The predicted octanol–water partition coefficient (Wildman–Crippen LogP) is 0.681. The average Bonchev–Trinajstić information content (AvgIpc) is 2.55. The Morgan fingerprint density at radius 1 is 1.50 bits per heavy atom. The number of hydrogen-bond donors (Lipinski definition) is 2. The molecule has 0 saturated carbocycles. The number of hydrogen-bond acceptors (Lipinski definition) is 5. The van der Waals surface area contributed by atoms with Gasteiger partial charge in [-0.05, 0) is 19.8 Å². The van der Waals surface area contributed by atoms with Gasteiger partial charge in [-0.1, -0.05) is 12.1 Å². The second-order valence-corrected chi connectivity index (χ2v) is 5.91. The molecule has 0 bridgehead atoms. The number of nitrogens with zero attached hydrogens (tertiary/aromatic N) is 1. The zero-order valence-corrected chi connectivity index (χ0v) is 11.2. The molecule has 0 aliphatic rings. The molecule has 0 radical (unpaired) electrons. The number of sulfonamides is 1. The Hall–Kier alpha value is -1.41. The van der Waals surface area contributed by atoms with E-state index in [1.165, 1.54) is 13.8 Å². The fourth-order valence-corrected chi connectivity index (χ4v) is 3.04. The number of aliphatic carboxylic acids is 1. The SMILES string of the molecule is Cc1noc(C)c1S(=O)(=O)NCC(C)CC(=O)O. The maximum atomic E-state index is 12.0. The van der Waals surface area contributed by atoms with Gasteiger partial charge in [-0.3, -0.25) is 4.79 Å². The van der Waals surface area contributed by atoms with E-state index in [2.05, 4.69) is 9.88 Å². The summed E-state index contributed by atoms with van der Waals surface area (Å²) in [7, 11) is -3.71. The first-order valence-electron chi connectivity index (χ1n) is 5.38. The van der Waals surface area contributed by atoms with Crippen molar-refractivity contribution in [3.05, 3.63) is 11.5 Å². The van der Waals surface area contributed by atoms with Crippen LogP contribution in [0.1, 0.15) is 24.8 Å². The van der Waals surface area contributed by atoms with Crippen molar-refractivity contribution in [2.75, 3.05) is 6.54 Å². The summed E-state index contributed by atoms with van der Waals surface area (Å²) in [4.78, 5) is 10.5. The second kappa shape index (κ2) is 5.49. The normalized spacial score (nSPS) is 13.5. The molecule has 1 heterocycles. The van der Waals surface area contributed by atoms with E-state index in [0.717, 1.165) is 0 Å². The fraction of sp³-hybridized carbons (Fsp3) is 0.600. The third kappa shape index (κ3) is 3.54. The van der Waals surface area contributed by atoms with Gasteiger partial charge in [-0.2, -0.15) is 0 Å². The molecule has 2 N–H and O–H groups in total. The van der Waals surface area contributed by atoms with Gasteiger partial charge in [0, 0.05) is 13.0 Å². The minimum absolute atomic E-state index is 0.0185. The van der Waals surface area contributed by atoms with Gasteiger partial charge in [0.15, 0.2) is 5.76 Å². The van der Waals surface area contributed by atoms with Crippen LogP contribution in [0.5, 0.6) is 0 Å². The summed E-state index contributed by atoms with van der Waals surface area (Å²) in [5.41, 5.74) is 0.283. The van der Waals surface area contributed by atoms with E-state index >= 15 is 0 Å². The summed E-state index contributed by atoms with van der Waals surface area (Å²) in [5.74, 6) is -1.04. The predicted molar refractivity (Wildman–Crippen MR) is 62.6 cm³/mol. The van der Waals surface area contributed by atoms with E-state index in [-0.39, 0.29) is 35.2 Å². The van der Waals surface area contributed by atoms with Gasteiger partial charge in [0.2, 0.25) is 10.0 Å². The van der Waals surface area contributed by atoms with E-state index in [0.29, 0.717) is 0 Å². The highest BCUT2D eigenvalue weighted by Gasteiger charge is 2.24. The van der Waals surface area contributed by atoms with Crippen molar-refractivity contribution in [2.24, 2.45) is 5.92 Å². The average molecular weight is 276 g/mol. The Bertz CT molecular complexity index is 515. The molecule has 0 saturated heterocycles. The molecule has 102 valence electrons. The molecule has 18 heavy (non-hydrogen) atoms. The highest BCUT2D eigenvalue weighted by atomic mass is 32.2. The van der Waals surface area contributed by atoms with E-state index in [1.807, 2.05) is 0 Å². The van der Waals surface area contributed by atoms with Crippen LogP contribution in [0, 0.1) is 19.8 Å². The third-order valence-electron chi connectivity index (χ3n) is 2.38. The van der Waals surface area contributed by atoms with E-state index in [9.17, 15) is 13.2 Å². The van der Waals surface area contributed by atoms with Gasteiger partial charge in [0.1, 0.15) is 10.6 Å². The minimum Gasteiger partial charge on any atom is -0.481 e. The molecule has 8 heteroatoms. The number of nitrogens with one attached hydrogen (secondary N) is 1. The maximum absolute atomic E-state index is 12.0. The number of carboxylic acids is 1. The van der Waals surface area contributed by atoms with Crippen LogP contribution in [-0.4, -0.2) is 31.2 Å². The van der Waals surface area contributed by atoms with Gasteiger partial charge in [0.25, 0.3) is 0 Å². The summed E-state index contributed by atoms with van der Waals surface area (Å²) in [6.07, 6.45) is -0.0931. The minimum atomic E-state index is -3.71. The summed E-state index contributed by atoms with van der Waals surface area (Å²) >= 11 is 0.